The van der Waals surface area contributed by atoms with Crippen molar-refractivity contribution in [2.75, 3.05) is 13.7 Å². The summed E-state index contributed by atoms with van der Waals surface area (Å²) >= 11 is 0. The minimum atomic E-state index is 0.0697. The van der Waals surface area contributed by atoms with Gasteiger partial charge in [-0.1, -0.05) is 36.4 Å². The van der Waals surface area contributed by atoms with E-state index in [9.17, 15) is 5.11 Å². The third-order valence-electron chi connectivity index (χ3n) is 4.29. The summed E-state index contributed by atoms with van der Waals surface area (Å²) in [7, 11) is 1.67. The molecule has 2 aromatic carbocycles. The molecule has 4 nitrogen and oxygen atoms in total. The zero-order valence-corrected chi connectivity index (χ0v) is 13.6. The summed E-state index contributed by atoms with van der Waals surface area (Å²) in [6.07, 6.45) is 0.913. The van der Waals surface area contributed by atoms with Crippen LogP contribution in [0.15, 0.2) is 42.5 Å². The highest BCUT2D eigenvalue weighted by Crippen LogP contribution is 2.34. The molecule has 0 amide bonds. The predicted molar refractivity (Wildman–Crippen MR) is 89.9 cm³/mol. The summed E-state index contributed by atoms with van der Waals surface area (Å²) in [5, 5.41) is 12.9. The molecule has 0 spiro atoms. The van der Waals surface area contributed by atoms with E-state index in [0.717, 1.165) is 23.5 Å². The van der Waals surface area contributed by atoms with Crippen LogP contribution >= 0.6 is 0 Å². The summed E-state index contributed by atoms with van der Waals surface area (Å²) in [5.74, 6) is 1.66. The maximum atomic E-state index is 9.27. The molecule has 0 aliphatic carbocycles. The van der Waals surface area contributed by atoms with Gasteiger partial charge < -0.3 is 19.9 Å². The van der Waals surface area contributed by atoms with Gasteiger partial charge in [-0.05, 0) is 36.1 Å². The molecule has 122 valence electrons. The van der Waals surface area contributed by atoms with Crippen LogP contribution in [0.25, 0.3) is 0 Å². The summed E-state index contributed by atoms with van der Waals surface area (Å²) in [6.45, 7) is 2.83. The van der Waals surface area contributed by atoms with Crippen molar-refractivity contribution in [2.24, 2.45) is 0 Å². The van der Waals surface area contributed by atoms with E-state index in [0.29, 0.717) is 6.61 Å². The highest BCUT2D eigenvalue weighted by molar-refractivity contribution is 5.48. The van der Waals surface area contributed by atoms with Crippen LogP contribution < -0.4 is 14.8 Å². The topological polar surface area (TPSA) is 50.7 Å². The second-order valence-electron chi connectivity index (χ2n) is 5.95. The second kappa shape index (κ2) is 7.02. The van der Waals surface area contributed by atoms with Gasteiger partial charge in [0.15, 0.2) is 11.5 Å². The smallest absolute Gasteiger partial charge is 0.164 e. The number of rotatable bonds is 5. The van der Waals surface area contributed by atoms with Crippen LogP contribution in [0.5, 0.6) is 11.5 Å². The minimum absolute atomic E-state index is 0.0697. The first-order valence-corrected chi connectivity index (χ1v) is 7.95. The molecule has 1 aliphatic rings. The lowest BCUT2D eigenvalue weighted by Gasteiger charge is -2.29. The Morgan fingerprint density at radius 1 is 1.30 bits per heavy atom. The number of aliphatic hydroxyl groups is 1. The number of fused-ring (bicyclic) bond motifs is 1. The minimum Gasteiger partial charge on any atom is -0.493 e. The Kier molecular flexibility index (Phi) is 4.84. The van der Waals surface area contributed by atoms with E-state index in [4.69, 9.17) is 9.47 Å². The number of nitrogens with one attached hydrogen (secondary N) is 1. The van der Waals surface area contributed by atoms with Crippen molar-refractivity contribution >= 4 is 0 Å². The average molecular weight is 313 g/mol. The van der Waals surface area contributed by atoms with E-state index in [1.807, 2.05) is 30.3 Å². The Bertz CT molecular complexity index is 671. The Morgan fingerprint density at radius 2 is 2.13 bits per heavy atom. The standard InChI is InChI=1S/C19H23NO3/c1-13(15-6-3-5-14(9-15)11-21)20-17-10-16-7-4-8-18(22-2)19(16)23-12-17/h3-9,13,17,20-21H,10-12H2,1-2H3. The molecule has 23 heavy (non-hydrogen) atoms. The zero-order chi connectivity index (χ0) is 16.2. The van der Waals surface area contributed by atoms with E-state index in [2.05, 4.69) is 24.4 Å². The first-order chi connectivity index (χ1) is 11.2. The summed E-state index contributed by atoms with van der Waals surface area (Å²) in [6, 6.07) is 14.5. The van der Waals surface area contributed by atoms with Crippen molar-refractivity contribution in [3.63, 3.8) is 0 Å². The zero-order valence-electron chi connectivity index (χ0n) is 13.6. The molecule has 0 fully saturated rings. The molecule has 0 saturated heterocycles. The number of benzene rings is 2. The molecule has 1 aliphatic heterocycles. The molecule has 2 N–H and O–H groups in total. The maximum absolute atomic E-state index is 9.27. The van der Waals surface area contributed by atoms with Gasteiger partial charge in [-0.2, -0.15) is 0 Å². The fourth-order valence-corrected chi connectivity index (χ4v) is 3.07. The Morgan fingerprint density at radius 3 is 2.91 bits per heavy atom. The molecule has 0 bridgehead atoms. The van der Waals surface area contributed by atoms with Crippen molar-refractivity contribution < 1.29 is 14.6 Å². The van der Waals surface area contributed by atoms with Gasteiger partial charge in [0.25, 0.3) is 0 Å². The Hall–Kier alpha value is -2.04. The molecule has 0 aromatic heterocycles. The van der Waals surface area contributed by atoms with Crippen LogP contribution in [-0.4, -0.2) is 24.9 Å². The van der Waals surface area contributed by atoms with Crippen LogP contribution in [-0.2, 0) is 13.0 Å². The molecule has 4 heteroatoms. The van der Waals surface area contributed by atoms with Crippen LogP contribution in [0.1, 0.15) is 29.7 Å². The third kappa shape index (κ3) is 3.49. The highest BCUT2D eigenvalue weighted by atomic mass is 16.5. The van der Waals surface area contributed by atoms with Crippen LogP contribution in [0.3, 0.4) is 0 Å². The highest BCUT2D eigenvalue weighted by Gasteiger charge is 2.23. The van der Waals surface area contributed by atoms with Gasteiger partial charge in [0.05, 0.1) is 13.7 Å². The Labute approximate surface area is 137 Å². The molecule has 3 rings (SSSR count). The molecule has 0 radical (unpaired) electrons. The van der Waals surface area contributed by atoms with Gasteiger partial charge in [-0.25, -0.2) is 0 Å². The SMILES string of the molecule is COc1cccc2c1OCC(NC(C)c1cccc(CO)c1)C2. The lowest BCUT2D eigenvalue weighted by Crippen LogP contribution is -2.40. The number of hydrogen-bond donors (Lipinski definition) is 2. The second-order valence-corrected chi connectivity index (χ2v) is 5.95. The Balaban J connectivity index is 1.69. The van der Waals surface area contributed by atoms with E-state index in [1.54, 1.807) is 7.11 Å². The lowest BCUT2D eigenvalue weighted by molar-refractivity contribution is 0.219. The van der Waals surface area contributed by atoms with Crippen molar-refractivity contribution in [3.05, 3.63) is 59.2 Å². The number of hydrogen-bond acceptors (Lipinski definition) is 4. The van der Waals surface area contributed by atoms with Crippen molar-refractivity contribution in [1.29, 1.82) is 0 Å². The van der Waals surface area contributed by atoms with Gasteiger partial charge in [-0.15, -0.1) is 0 Å². The first-order valence-electron chi connectivity index (χ1n) is 7.95. The lowest BCUT2D eigenvalue weighted by atomic mass is 9.99. The van der Waals surface area contributed by atoms with Crippen molar-refractivity contribution in [2.45, 2.75) is 32.0 Å². The van der Waals surface area contributed by atoms with Gasteiger partial charge in [0, 0.05) is 12.1 Å². The fraction of sp³-hybridized carbons (Fsp3) is 0.368. The number of ether oxygens (including phenoxy) is 2. The van der Waals surface area contributed by atoms with E-state index in [1.165, 1.54) is 11.1 Å². The molecule has 1 heterocycles. The van der Waals surface area contributed by atoms with Gasteiger partial charge in [0.1, 0.15) is 6.61 Å². The summed E-state index contributed by atoms with van der Waals surface area (Å²) in [4.78, 5) is 0. The van der Waals surface area contributed by atoms with Gasteiger partial charge in [-0.3, -0.25) is 0 Å². The summed E-state index contributed by atoms with van der Waals surface area (Å²) < 4.78 is 11.3. The number of methoxy groups -OCH3 is 1. The normalized spacial score (nSPS) is 18.0. The molecule has 2 unspecified atom stereocenters. The van der Waals surface area contributed by atoms with Crippen LogP contribution in [0, 0.1) is 0 Å². The maximum Gasteiger partial charge on any atom is 0.164 e. The molecule has 0 saturated carbocycles. The van der Waals surface area contributed by atoms with E-state index < -0.39 is 0 Å². The molecule has 2 aromatic rings. The number of aliphatic hydroxyl groups excluding tert-OH is 1. The monoisotopic (exact) mass is 313 g/mol. The first kappa shape index (κ1) is 15.8. The summed E-state index contributed by atoms with van der Waals surface area (Å²) in [5.41, 5.74) is 3.28. The van der Waals surface area contributed by atoms with E-state index in [-0.39, 0.29) is 18.7 Å². The molecule has 2 atom stereocenters. The van der Waals surface area contributed by atoms with Crippen molar-refractivity contribution in [3.8, 4) is 11.5 Å². The average Bonchev–Trinajstić information content (AvgIpc) is 2.61. The van der Waals surface area contributed by atoms with Crippen molar-refractivity contribution in [1.82, 2.24) is 5.32 Å². The quantitative estimate of drug-likeness (QED) is 0.891. The van der Waals surface area contributed by atoms with Crippen LogP contribution in [0.4, 0.5) is 0 Å². The van der Waals surface area contributed by atoms with E-state index >= 15 is 0 Å². The third-order valence-corrected chi connectivity index (χ3v) is 4.29. The number of para-hydroxylation sites is 1. The largest absolute Gasteiger partial charge is 0.493 e. The van der Waals surface area contributed by atoms with Crippen LogP contribution in [0.2, 0.25) is 0 Å². The molecular weight excluding hydrogens is 290 g/mol. The van der Waals surface area contributed by atoms with Gasteiger partial charge >= 0.3 is 0 Å². The molecular formula is C19H23NO3. The van der Waals surface area contributed by atoms with Gasteiger partial charge in [0.2, 0.25) is 0 Å². The predicted octanol–water partition coefficient (Wildman–Crippen LogP) is 2.84. The fourth-order valence-electron chi connectivity index (χ4n) is 3.07.